The Morgan fingerprint density at radius 1 is 0.304 bits per heavy atom. The van der Waals surface area contributed by atoms with Crippen molar-refractivity contribution in [2.75, 3.05) is 0 Å². The van der Waals surface area contributed by atoms with E-state index in [-0.39, 0.29) is 0 Å². The molecule has 0 radical (unpaired) electrons. The second kappa shape index (κ2) is 13.3. The number of para-hydroxylation sites is 1. The molecule has 0 atom stereocenters. The summed E-state index contributed by atoms with van der Waals surface area (Å²) in [5.74, 6) is 1.94. The number of fused-ring (bicyclic) bond motifs is 6. The van der Waals surface area contributed by atoms with Crippen molar-refractivity contribution >= 4 is 53.4 Å². The fourth-order valence-corrected chi connectivity index (χ4v) is 8.97. The van der Waals surface area contributed by atoms with E-state index in [9.17, 15) is 0 Å². The van der Waals surface area contributed by atoms with E-state index in [4.69, 9.17) is 19.4 Å². The standard InChI is InChI=1S/C51H31N3OS/c1-3-12-32(13-4-1)34-16-11-17-37(28-34)50-52-49(33-14-5-2-6-15-33)53-51(54-50)38-24-27-44-43-26-23-36(30-47(43)56-48(44)31-38)40-19-8-7-18-39(40)35-22-25-42-41-20-9-10-21-45(41)55-46(42)29-35/h1-31H. The lowest BCUT2D eigenvalue weighted by Gasteiger charge is -2.10. The summed E-state index contributed by atoms with van der Waals surface area (Å²) in [4.78, 5) is 15.1. The molecule has 3 heterocycles. The summed E-state index contributed by atoms with van der Waals surface area (Å²) < 4.78 is 8.68. The zero-order chi connectivity index (χ0) is 37.0. The van der Waals surface area contributed by atoms with Crippen LogP contribution in [0.2, 0.25) is 0 Å². The van der Waals surface area contributed by atoms with Gasteiger partial charge in [0.2, 0.25) is 0 Å². The van der Waals surface area contributed by atoms with Crippen LogP contribution < -0.4 is 0 Å². The molecular formula is C51H31N3OS. The van der Waals surface area contributed by atoms with E-state index in [0.29, 0.717) is 17.5 Å². The maximum atomic E-state index is 6.26. The zero-order valence-corrected chi connectivity index (χ0v) is 30.9. The van der Waals surface area contributed by atoms with Crippen LogP contribution in [0.3, 0.4) is 0 Å². The van der Waals surface area contributed by atoms with E-state index in [1.807, 2.05) is 48.5 Å². The topological polar surface area (TPSA) is 51.8 Å². The normalized spacial score (nSPS) is 11.6. The number of nitrogens with zero attached hydrogens (tertiary/aromatic N) is 3. The Hall–Kier alpha value is -7.21. The van der Waals surface area contributed by atoms with Gasteiger partial charge >= 0.3 is 0 Å². The molecule has 0 N–H and O–H groups in total. The Balaban J connectivity index is 0.991. The molecule has 8 aromatic carbocycles. The minimum Gasteiger partial charge on any atom is -0.456 e. The van der Waals surface area contributed by atoms with Crippen molar-refractivity contribution < 1.29 is 4.42 Å². The first-order valence-corrected chi connectivity index (χ1v) is 19.5. The van der Waals surface area contributed by atoms with Gasteiger partial charge in [0, 0.05) is 47.6 Å². The van der Waals surface area contributed by atoms with Crippen LogP contribution in [0.25, 0.3) is 110 Å². The van der Waals surface area contributed by atoms with Crippen molar-refractivity contribution in [2.45, 2.75) is 0 Å². The molecule has 0 aliphatic carbocycles. The third-order valence-corrected chi connectivity index (χ3v) is 11.7. The fraction of sp³-hybridized carbons (Fsp3) is 0. The maximum Gasteiger partial charge on any atom is 0.164 e. The van der Waals surface area contributed by atoms with Gasteiger partial charge in [-0.25, -0.2) is 15.0 Å². The van der Waals surface area contributed by atoms with E-state index in [2.05, 4.69) is 140 Å². The van der Waals surface area contributed by atoms with Crippen LogP contribution in [0.1, 0.15) is 0 Å². The highest BCUT2D eigenvalue weighted by atomic mass is 32.1. The lowest BCUT2D eigenvalue weighted by atomic mass is 9.93. The van der Waals surface area contributed by atoms with Crippen LogP contribution in [-0.4, -0.2) is 15.0 Å². The highest BCUT2D eigenvalue weighted by Gasteiger charge is 2.16. The maximum absolute atomic E-state index is 6.26. The average molecular weight is 734 g/mol. The van der Waals surface area contributed by atoms with Crippen LogP contribution in [0.4, 0.5) is 0 Å². The molecule has 5 heteroatoms. The lowest BCUT2D eigenvalue weighted by molar-refractivity contribution is 0.669. The van der Waals surface area contributed by atoms with Crippen LogP contribution in [0, 0.1) is 0 Å². The number of aromatic nitrogens is 3. The first-order chi connectivity index (χ1) is 27.7. The number of benzene rings is 8. The van der Waals surface area contributed by atoms with E-state index in [1.165, 1.54) is 36.9 Å². The van der Waals surface area contributed by atoms with E-state index in [1.54, 1.807) is 11.3 Å². The molecule has 0 bridgehead atoms. The van der Waals surface area contributed by atoms with Gasteiger partial charge in [0.1, 0.15) is 11.2 Å². The second-order valence-electron chi connectivity index (χ2n) is 14.0. The Morgan fingerprint density at radius 3 is 1.50 bits per heavy atom. The van der Waals surface area contributed by atoms with Gasteiger partial charge in [-0.1, -0.05) is 152 Å². The first kappa shape index (κ1) is 32.2. The summed E-state index contributed by atoms with van der Waals surface area (Å²) in [5, 5.41) is 4.73. The smallest absolute Gasteiger partial charge is 0.164 e. The first-order valence-electron chi connectivity index (χ1n) is 18.7. The van der Waals surface area contributed by atoms with Crippen molar-refractivity contribution in [1.82, 2.24) is 15.0 Å². The summed E-state index contributed by atoms with van der Waals surface area (Å²) in [6, 6.07) is 65.8. The highest BCUT2D eigenvalue weighted by molar-refractivity contribution is 7.25. The van der Waals surface area contributed by atoms with Crippen LogP contribution >= 0.6 is 11.3 Å². The van der Waals surface area contributed by atoms with Crippen molar-refractivity contribution in [2.24, 2.45) is 0 Å². The van der Waals surface area contributed by atoms with Gasteiger partial charge in [-0.2, -0.15) is 0 Å². The van der Waals surface area contributed by atoms with Gasteiger partial charge in [0.15, 0.2) is 17.5 Å². The van der Waals surface area contributed by atoms with Crippen molar-refractivity contribution in [3.05, 3.63) is 188 Å². The Kier molecular flexibility index (Phi) is 7.64. The molecule has 262 valence electrons. The van der Waals surface area contributed by atoms with Crippen molar-refractivity contribution in [3.8, 4) is 67.5 Å². The number of thiophene rings is 1. The number of furan rings is 1. The second-order valence-corrected chi connectivity index (χ2v) is 15.1. The SMILES string of the molecule is c1ccc(-c2cccc(-c3nc(-c4ccccc4)nc(-c4ccc5c(c4)sc4cc(-c6ccccc6-c6ccc7c(c6)oc6ccccc67)ccc45)n3)c2)cc1. The summed E-state index contributed by atoms with van der Waals surface area (Å²) in [6.45, 7) is 0. The summed E-state index contributed by atoms with van der Waals surface area (Å²) in [7, 11) is 0. The van der Waals surface area contributed by atoms with E-state index in [0.717, 1.165) is 55.3 Å². The molecule has 0 saturated heterocycles. The number of hydrogen-bond acceptors (Lipinski definition) is 5. The van der Waals surface area contributed by atoms with Gasteiger partial charge in [0.25, 0.3) is 0 Å². The third-order valence-electron chi connectivity index (χ3n) is 10.6. The van der Waals surface area contributed by atoms with Crippen molar-refractivity contribution in [3.63, 3.8) is 0 Å². The largest absolute Gasteiger partial charge is 0.456 e. The average Bonchev–Trinajstić information content (AvgIpc) is 3.84. The van der Waals surface area contributed by atoms with E-state index < -0.39 is 0 Å². The van der Waals surface area contributed by atoms with Gasteiger partial charge in [-0.3, -0.25) is 0 Å². The molecule has 0 amide bonds. The van der Waals surface area contributed by atoms with Gasteiger partial charge < -0.3 is 4.42 Å². The Labute approximate surface area is 327 Å². The quantitative estimate of drug-likeness (QED) is 0.171. The molecule has 56 heavy (non-hydrogen) atoms. The van der Waals surface area contributed by atoms with Crippen LogP contribution in [0.15, 0.2) is 192 Å². The van der Waals surface area contributed by atoms with Crippen molar-refractivity contribution in [1.29, 1.82) is 0 Å². The van der Waals surface area contributed by atoms with Crippen LogP contribution in [-0.2, 0) is 0 Å². The molecule has 4 nitrogen and oxygen atoms in total. The molecule has 0 saturated carbocycles. The molecule has 0 spiro atoms. The van der Waals surface area contributed by atoms with E-state index >= 15 is 0 Å². The minimum atomic E-state index is 0.644. The highest BCUT2D eigenvalue weighted by Crippen LogP contribution is 2.41. The number of hydrogen-bond donors (Lipinski definition) is 0. The lowest BCUT2D eigenvalue weighted by Crippen LogP contribution is -2.00. The molecule has 3 aromatic heterocycles. The van der Waals surface area contributed by atoms with Gasteiger partial charge in [-0.05, 0) is 69.8 Å². The summed E-state index contributed by atoms with van der Waals surface area (Å²) in [6.07, 6.45) is 0. The third kappa shape index (κ3) is 5.65. The zero-order valence-electron chi connectivity index (χ0n) is 30.1. The monoisotopic (exact) mass is 733 g/mol. The molecule has 0 aliphatic heterocycles. The molecular weight excluding hydrogens is 703 g/mol. The fourth-order valence-electron chi connectivity index (χ4n) is 7.78. The Morgan fingerprint density at radius 2 is 0.786 bits per heavy atom. The number of rotatable bonds is 6. The van der Waals surface area contributed by atoms with Crippen LogP contribution in [0.5, 0.6) is 0 Å². The molecule has 0 fully saturated rings. The molecule has 0 aliphatic rings. The minimum absolute atomic E-state index is 0.644. The predicted octanol–water partition coefficient (Wildman–Crippen LogP) is 14.1. The van der Waals surface area contributed by atoms with Gasteiger partial charge in [0.05, 0.1) is 0 Å². The molecule has 11 aromatic rings. The summed E-state index contributed by atoms with van der Waals surface area (Å²) in [5.41, 5.74) is 11.6. The summed E-state index contributed by atoms with van der Waals surface area (Å²) >= 11 is 1.80. The Bertz CT molecular complexity index is 3260. The molecule has 0 unspecified atom stereocenters. The van der Waals surface area contributed by atoms with Gasteiger partial charge in [-0.15, -0.1) is 11.3 Å². The molecule has 11 rings (SSSR count). The predicted molar refractivity (Wildman–Crippen MR) is 233 cm³/mol.